The van der Waals surface area contributed by atoms with Crippen LogP contribution in [0, 0.1) is 0 Å². The van der Waals surface area contributed by atoms with Gasteiger partial charge in [-0.1, -0.05) is 54.6 Å². The summed E-state index contributed by atoms with van der Waals surface area (Å²) < 4.78 is 0. The van der Waals surface area contributed by atoms with Gasteiger partial charge in [0.25, 0.3) is 5.91 Å². The molecule has 28 heavy (non-hydrogen) atoms. The van der Waals surface area contributed by atoms with Gasteiger partial charge >= 0.3 is 0 Å². The van der Waals surface area contributed by atoms with Crippen molar-refractivity contribution < 1.29 is 14.4 Å². The molecule has 0 aliphatic heterocycles. The number of anilines is 2. The molecule has 3 aromatic carbocycles. The van der Waals surface area contributed by atoms with Crippen molar-refractivity contribution in [2.75, 3.05) is 10.6 Å². The molecule has 0 heterocycles. The predicted molar refractivity (Wildman–Crippen MR) is 111 cm³/mol. The number of carbonyl (C=O) groups is 3. The van der Waals surface area contributed by atoms with Crippen molar-refractivity contribution in [2.24, 2.45) is 0 Å². The Morgan fingerprint density at radius 3 is 1.86 bits per heavy atom. The molecule has 2 N–H and O–H groups in total. The molecule has 0 aliphatic carbocycles. The highest BCUT2D eigenvalue weighted by Crippen LogP contribution is 2.27. The highest BCUT2D eigenvalue weighted by Gasteiger charge is 2.14. The molecule has 0 radical (unpaired) electrons. The summed E-state index contributed by atoms with van der Waals surface area (Å²) in [5.41, 5.74) is 3.76. The van der Waals surface area contributed by atoms with E-state index >= 15 is 0 Å². The average molecular weight is 372 g/mol. The minimum atomic E-state index is -0.288. The molecule has 0 aromatic heterocycles. The van der Waals surface area contributed by atoms with Gasteiger partial charge in [0.15, 0.2) is 5.78 Å². The Balaban J connectivity index is 1.92. The van der Waals surface area contributed by atoms with E-state index in [1.54, 1.807) is 48.5 Å². The Morgan fingerprint density at radius 1 is 0.679 bits per heavy atom. The zero-order valence-electron chi connectivity index (χ0n) is 15.7. The van der Waals surface area contributed by atoms with E-state index in [1.807, 2.05) is 24.3 Å². The first-order valence-electron chi connectivity index (χ1n) is 8.84. The van der Waals surface area contributed by atoms with Crippen LogP contribution in [0.3, 0.4) is 0 Å². The Bertz CT molecular complexity index is 1040. The molecule has 0 fully saturated rings. The molecule has 2 amide bonds. The molecule has 0 unspecified atom stereocenters. The lowest BCUT2D eigenvalue weighted by atomic mass is 9.97. The van der Waals surface area contributed by atoms with Crippen molar-refractivity contribution in [1.29, 1.82) is 0 Å². The molecule has 0 aliphatic rings. The average Bonchev–Trinajstić information content (AvgIpc) is 2.69. The number of carbonyl (C=O) groups excluding carboxylic acids is 3. The van der Waals surface area contributed by atoms with Crippen LogP contribution in [-0.4, -0.2) is 17.6 Å². The summed E-state index contributed by atoms with van der Waals surface area (Å²) in [5, 5.41) is 5.57. The van der Waals surface area contributed by atoms with Crippen LogP contribution in [0.2, 0.25) is 0 Å². The van der Waals surface area contributed by atoms with Crippen LogP contribution in [-0.2, 0) is 4.79 Å². The summed E-state index contributed by atoms with van der Waals surface area (Å²) in [7, 11) is 0. The smallest absolute Gasteiger partial charge is 0.256 e. The zero-order chi connectivity index (χ0) is 20.1. The lowest BCUT2D eigenvalue weighted by molar-refractivity contribution is -0.114. The standard InChI is InChI=1S/C23H20N2O3/c1-15(26)17-11-13-18(14-12-17)19-7-3-4-8-20(19)23(28)25-22-10-6-5-9-21(22)24-16(2)27/h3-14H,1-2H3,(H,24,27)(H,25,28). The summed E-state index contributed by atoms with van der Waals surface area (Å²) in [6.45, 7) is 2.93. The van der Waals surface area contributed by atoms with E-state index < -0.39 is 0 Å². The molecule has 5 nitrogen and oxygen atoms in total. The fourth-order valence-corrected chi connectivity index (χ4v) is 2.90. The summed E-state index contributed by atoms with van der Waals surface area (Å²) in [6, 6.07) is 21.4. The number of Topliss-reactive ketones (excluding diaryl/α,β-unsaturated/α-hetero) is 1. The molecule has 3 rings (SSSR count). The number of amides is 2. The van der Waals surface area contributed by atoms with Crippen LogP contribution in [0.25, 0.3) is 11.1 Å². The van der Waals surface area contributed by atoms with Crippen LogP contribution in [0.1, 0.15) is 34.6 Å². The number of rotatable bonds is 5. The topological polar surface area (TPSA) is 75.3 Å². The molecular formula is C23H20N2O3. The summed E-state index contributed by atoms with van der Waals surface area (Å²) >= 11 is 0. The Labute approximate surface area is 163 Å². The second-order valence-corrected chi connectivity index (χ2v) is 6.36. The first-order chi connectivity index (χ1) is 13.5. The fraction of sp³-hybridized carbons (Fsp3) is 0.0870. The van der Waals surface area contributed by atoms with Gasteiger partial charge in [-0.2, -0.15) is 0 Å². The van der Waals surface area contributed by atoms with Gasteiger partial charge in [-0.15, -0.1) is 0 Å². The maximum absolute atomic E-state index is 12.9. The predicted octanol–water partition coefficient (Wildman–Crippen LogP) is 4.77. The molecule has 5 heteroatoms. The minimum absolute atomic E-state index is 0.00726. The number of hydrogen-bond donors (Lipinski definition) is 2. The van der Waals surface area contributed by atoms with Gasteiger partial charge in [0.1, 0.15) is 0 Å². The molecule has 0 bridgehead atoms. The number of benzene rings is 3. The van der Waals surface area contributed by atoms with E-state index in [1.165, 1.54) is 13.8 Å². The van der Waals surface area contributed by atoms with Crippen LogP contribution >= 0.6 is 0 Å². The highest BCUT2D eigenvalue weighted by molar-refractivity contribution is 6.10. The van der Waals surface area contributed by atoms with E-state index in [2.05, 4.69) is 10.6 Å². The lowest BCUT2D eigenvalue weighted by Crippen LogP contribution is -2.16. The van der Waals surface area contributed by atoms with Gasteiger partial charge in [0.05, 0.1) is 11.4 Å². The first kappa shape index (κ1) is 19.0. The summed E-state index contributed by atoms with van der Waals surface area (Å²) in [4.78, 5) is 35.8. The third kappa shape index (κ3) is 4.32. The van der Waals surface area contributed by atoms with E-state index in [-0.39, 0.29) is 17.6 Å². The highest BCUT2D eigenvalue weighted by atomic mass is 16.2. The SMILES string of the molecule is CC(=O)Nc1ccccc1NC(=O)c1ccccc1-c1ccc(C(C)=O)cc1. The quantitative estimate of drug-likeness (QED) is 0.634. The van der Waals surface area contributed by atoms with Gasteiger partial charge in [-0.25, -0.2) is 0 Å². The zero-order valence-corrected chi connectivity index (χ0v) is 15.7. The molecular weight excluding hydrogens is 352 g/mol. The van der Waals surface area contributed by atoms with Gasteiger partial charge in [0, 0.05) is 18.1 Å². The normalized spacial score (nSPS) is 10.2. The monoisotopic (exact) mass is 372 g/mol. The Morgan fingerprint density at radius 2 is 1.25 bits per heavy atom. The van der Waals surface area contributed by atoms with Crippen LogP contribution < -0.4 is 10.6 Å². The third-order valence-electron chi connectivity index (χ3n) is 4.26. The number of para-hydroxylation sites is 2. The Hall–Kier alpha value is -3.73. The van der Waals surface area contributed by atoms with Crippen molar-refractivity contribution in [3.8, 4) is 11.1 Å². The van der Waals surface area contributed by atoms with Gasteiger partial charge in [-0.3, -0.25) is 14.4 Å². The minimum Gasteiger partial charge on any atom is -0.325 e. The van der Waals surface area contributed by atoms with E-state index in [0.717, 1.165) is 11.1 Å². The second-order valence-electron chi connectivity index (χ2n) is 6.36. The number of nitrogens with one attached hydrogen (secondary N) is 2. The lowest BCUT2D eigenvalue weighted by Gasteiger charge is -2.13. The first-order valence-corrected chi connectivity index (χ1v) is 8.84. The van der Waals surface area contributed by atoms with E-state index in [4.69, 9.17) is 0 Å². The summed E-state index contributed by atoms with van der Waals surface area (Å²) in [6.07, 6.45) is 0. The molecule has 140 valence electrons. The van der Waals surface area contributed by atoms with Crippen LogP contribution in [0.15, 0.2) is 72.8 Å². The third-order valence-corrected chi connectivity index (χ3v) is 4.26. The van der Waals surface area contributed by atoms with Crippen molar-refractivity contribution in [3.05, 3.63) is 83.9 Å². The fourth-order valence-electron chi connectivity index (χ4n) is 2.90. The molecule has 0 saturated carbocycles. The molecule has 0 saturated heterocycles. The number of ketones is 1. The van der Waals surface area contributed by atoms with Gasteiger partial charge in [-0.05, 0) is 36.2 Å². The maximum Gasteiger partial charge on any atom is 0.256 e. The van der Waals surface area contributed by atoms with Crippen molar-refractivity contribution >= 4 is 29.0 Å². The van der Waals surface area contributed by atoms with Gasteiger partial charge in [0.2, 0.25) is 5.91 Å². The second kappa shape index (κ2) is 8.31. The van der Waals surface area contributed by atoms with E-state index in [0.29, 0.717) is 22.5 Å². The number of hydrogen-bond acceptors (Lipinski definition) is 3. The molecule has 3 aromatic rings. The Kier molecular flexibility index (Phi) is 5.65. The van der Waals surface area contributed by atoms with Crippen LogP contribution in [0.5, 0.6) is 0 Å². The largest absolute Gasteiger partial charge is 0.325 e. The van der Waals surface area contributed by atoms with E-state index in [9.17, 15) is 14.4 Å². The van der Waals surface area contributed by atoms with Crippen LogP contribution in [0.4, 0.5) is 11.4 Å². The molecule has 0 spiro atoms. The van der Waals surface area contributed by atoms with Crippen molar-refractivity contribution in [3.63, 3.8) is 0 Å². The summed E-state index contributed by atoms with van der Waals surface area (Å²) in [5.74, 6) is -0.510. The van der Waals surface area contributed by atoms with Crippen molar-refractivity contribution in [1.82, 2.24) is 0 Å². The van der Waals surface area contributed by atoms with Crippen molar-refractivity contribution in [2.45, 2.75) is 13.8 Å². The maximum atomic E-state index is 12.9. The molecule has 0 atom stereocenters. The van der Waals surface area contributed by atoms with Gasteiger partial charge < -0.3 is 10.6 Å².